The predicted molar refractivity (Wildman–Crippen MR) is 116 cm³/mol. The third kappa shape index (κ3) is 4.31. The largest absolute Gasteiger partial charge is 0.324 e. The van der Waals surface area contributed by atoms with Crippen LogP contribution in [0.1, 0.15) is 29.8 Å². The number of amides is 1. The molecule has 0 unspecified atom stereocenters. The molecule has 1 N–H and O–H groups in total. The Hall–Kier alpha value is -2.75. The van der Waals surface area contributed by atoms with Gasteiger partial charge >= 0.3 is 0 Å². The van der Waals surface area contributed by atoms with Crippen molar-refractivity contribution in [3.8, 4) is 11.8 Å². The van der Waals surface area contributed by atoms with Crippen molar-refractivity contribution < 1.29 is 4.79 Å². The molecule has 0 radical (unpaired) electrons. The molecule has 0 saturated carbocycles. The third-order valence-electron chi connectivity index (χ3n) is 4.82. The summed E-state index contributed by atoms with van der Waals surface area (Å²) in [4.78, 5) is 17.4. The zero-order valence-corrected chi connectivity index (χ0v) is 17.3. The quantitative estimate of drug-likeness (QED) is 0.587. The molecule has 1 heterocycles. The van der Waals surface area contributed by atoms with E-state index in [1.54, 1.807) is 18.2 Å². The molecule has 3 aromatic rings. The van der Waals surface area contributed by atoms with Gasteiger partial charge in [-0.1, -0.05) is 41.6 Å². The first kappa shape index (κ1) is 19.6. The van der Waals surface area contributed by atoms with Crippen LogP contribution in [0.2, 0.25) is 5.02 Å². The Kier molecular flexibility index (Phi) is 5.89. The van der Waals surface area contributed by atoms with Gasteiger partial charge in [0.15, 0.2) is 5.16 Å². The van der Waals surface area contributed by atoms with Crippen molar-refractivity contribution in [2.45, 2.75) is 30.8 Å². The standard InChI is InChI=1S/C22H19ClN4OS/c23-16-11-10-15(13-24)19(12-16)25-21(28)14-29-22-26-18-8-4-5-9-20(18)27(22)17-6-2-1-3-7-17/h1-3,6-7,10-12H,4-5,8-9,14H2,(H,25,28). The summed E-state index contributed by atoms with van der Waals surface area (Å²) < 4.78 is 2.17. The fourth-order valence-corrected chi connectivity index (χ4v) is 4.51. The third-order valence-corrected chi connectivity index (χ3v) is 6.00. The Morgan fingerprint density at radius 1 is 1.21 bits per heavy atom. The number of anilines is 1. The minimum atomic E-state index is -0.200. The van der Waals surface area contributed by atoms with E-state index < -0.39 is 0 Å². The summed E-state index contributed by atoms with van der Waals surface area (Å²) in [5.41, 5.74) is 4.24. The number of para-hydroxylation sites is 1. The molecule has 0 aliphatic heterocycles. The smallest absolute Gasteiger partial charge is 0.234 e. The second-order valence-corrected chi connectivity index (χ2v) is 8.18. The molecular weight excluding hydrogens is 404 g/mol. The first-order valence-corrected chi connectivity index (χ1v) is 10.8. The van der Waals surface area contributed by atoms with Crippen LogP contribution in [0.4, 0.5) is 5.69 Å². The molecule has 0 atom stereocenters. The lowest BCUT2D eigenvalue weighted by atomic mass is 10.0. The highest BCUT2D eigenvalue weighted by atomic mass is 35.5. The number of rotatable bonds is 5. The van der Waals surface area contributed by atoms with E-state index in [1.165, 1.54) is 17.5 Å². The van der Waals surface area contributed by atoms with Crippen molar-refractivity contribution in [3.63, 3.8) is 0 Å². The number of nitrogens with one attached hydrogen (secondary N) is 1. The molecule has 0 spiro atoms. The maximum Gasteiger partial charge on any atom is 0.234 e. The number of imidazole rings is 1. The van der Waals surface area contributed by atoms with E-state index in [1.807, 2.05) is 18.2 Å². The maximum atomic E-state index is 12.5. The van der Waals surface area contributed by atoms with Crippen LogP contribution in [-0.4, -0.2) is 21.2 Å². The number of carbonyl (C=O) groups excluding carboxylic acids is 1. The minimum absolute atomic E-state index is 0.195. The average molecular weight is 423 g/mol. The van der Waals surface area contributed by atoms with Gasteiger partial charge in [-0.25, -0.2) is 4.98 Å². The fraction of sp³-hybridized carbons (Fsp3) is 0.227. The van der Waals surface area contributed by atoms with E-state index >= 15 is 0 Å². The molecule has 7 heteroatoms. The summed E-state index contributed by atoms with van der Waals surface area (Å²) >= 11 is 7.40. The highest BCUT2D eigenvalue weighted by Crippen LogP contribution is 2.31. The van der Waals surface area contributed by atoms with Gasteiger partial charge in [-0.3, -0.25) is 9.36 Å². The van der Waals surface area contributed by atoms with Crippen LogP contribution in [0.5, 0.6) is 0 Å². The number of nitrogens with zero attached hydrogens (tertiary/aromatic N) is 3. The number of aryl methyl sites for hydroxylation is 1. The summed E-state index contributed by atoms with van der Waals surface area (Å²) in [7, 11) is 0. The van der Waals surface area contributed by atoms with Crippen LogP contribution >= 0.6 is 23.4 Å². The SMILES string of the molecule is N#Cc1ccc(Cl)cc1NC(=O)CSc1nc2c(n1-c1ccccc1)CCCC2. The summed E-state index contributed by atoms with van der Waals surface area (Å²) in [5.74, 6) is -0.00512. The molecule has 4 rings (SSSR count). The first-order chi connectivity index (χ1) is 14.2. The summed E-state index contributed by atoms with van der Waals surface area (Å²) in [6.07, 6.45) is 4.28. The molecule has 0 bridgehead atoms. The fourth-order valence-electron chi connectivity index (χ4n) is 3.49. The normalized spacial score (nSPS) is 12.8. The van der Waals surface area contributed by atoms with E-state index in [4.69, 9.17) is 16.6 Å². The van der Waals surface area contributed by atoms with Crippen molar-refractivity contribution >= 4 is 35.0 Å². The number of hydrogen-bond donors (Lipinski definition) is 1. The molecule has 146 valence electrons. The molecule has 5 nitrogen and oxygen atoms in total. The van der Waals surface area contributed by atoms with Crippen molar-refractivity contribution in [1.82, 2.24) is 9.55 Å². The number of hydrogen-bond acceptors (Lipinski definition) is 4. The van der Waals surface area contributed by atoms with Crippen LogP contribution < -0.4 is 5.32 Å². The van der Waals surface area contributed by atoms with Crippen molar-refractivity contribution in [2.75, 3.05) is 11.1 Å². The second kappa shape index (κ2) is 8.73. The average Bonchev–Trinajstić information content (AvgIpc) is 3.11. The van der Waals surface area contributed by atoms with Gasteiger partial charge in [0.05, 0.1) is 22.7 Å². The molecule has 2 aromatic carbocycles. The maximum absolute atomic E-state index is 12.5. The number of fused-ring (bicyclic) bond motifs is 1. The van der Waals surface area contributed by atoms with E-state index in [0.29, 0.717) is 16.3 Å². The molecular formula is C22H19ClN4OS. The van der Waals surface area contributed by atoms with Crippen LogP contribution in [0.3, 0.4) is 0 Å². The molecule has 0 fully saturated rings. The zero-order valence-electron chi connectivity index (χ0n) is 15.7. The van der Waals surface area contributed by atoms with Crippen LogP contribution in [0, 0.1) is 11.3 Å². The molecule has 1 aliphatic rings. The Bertz CT molecular complexity index is 1090. The second-order valence-electron chi connectivity index (χ2n) is 6.80. The van der Waals surface area contributed by atoms with E-state index in [2.05, 4.69) is 28.1 Å². The number of halogens is 1. The number of nitriles is 1. The lowest BCUT2D eigenvalue weighted by Gasteiger charge is -2.15. The number of carbonyl (C=O) groups is 1. The van der Waals surface area contributed by atoms with Gasteiger partial charge in [0.1, 0.15) is 6.07 Å². The molecule has 29 heavy (non-hydrogen) atoms. The molecule has 1 amide bonds. The van der Waals surface area contributed by atoms with Crippen LogP contribution in [0.25, 0.3) is 5.69 Å². The Balaban J connectivity index is 1.55. The summed E-state index contributed by atoms with van der Waals surface area (Å²) in [6, 6.07) is 17.0. The number of thioether (sulfide) groups is 1. The number of aromatic nitrogens is 2. The summed E-state index contributed by atoms with van der Waals surface area (Å²) in [6.45, 7) is 0. The van der Waals surface area contributed by atoms with Gasteiger partial charge in [-0.05, 0) is 56.0 Å². The van der Waals surface area contributed by atoms with Crippen molar-refractivity contribution in [1.29, 1.82) is 5.26 Å². The molecule has 1 aromatic heterocycles. The topological polar surface area (TPSA) is 70.7 Å². The monoisotopic (exact) mass is 422 g/mol. The molecule has 0 saturated heterocycles. The number of benzene rings is 2. The minimum Gasteiger partial charge on any atom is -0.324 e. The van der Waals surface area contributed by atoms with E-state index in [0.717, 1.165) is 42.2 Å². The Labute approximate surface area is 178 Å². The Morgan fingerprint density at radius 3 is 2.79 bits per heavy atom. The Morgan fingerprint density at radius 2 is 2.00 bits per heavy atom. The van der Waals surface area contributed by atoms with Crippen LogP contribution in [-0.2, 0) is 17.6 Å². The van der Waals surface area contributed by atoms with Crippen molar-refractivity contribution in [3.05, 3.63) is 70.5 Å². The van der Waals surface area contributed by atoms with E-state index in [-0.39, 0.29) is 11.7 Å². The van der Waals surface area contributed by atoms with Gasteiger partial charge in [0, 0.05) is 16.4 Å². The van der Waals surface area contributed by atoms with Gasteiger partial charge < -0.3 is 5.32 Å². The highest BCUT2D eigenvalue weighted by molar-refractivity contribution is 7.99. The highest BCUT2D eigenvalue weighted by Gasteiger charge is 2.22. The lowest BCUT2D eigenvalue weighted by molar-refractivity contribution is -0.113. The molecule has 1 aliphatic carbocycles. The van der Waals surface area contributed by atoms with Crippen LogP contribution in [0.15, 0.2) is 53.7 Å². The predicted octanol–water partition coefficient (Wildman–Crippen LogP) is 5.01. The van der Waals surface area contributed by atoms with Gasteiger partial charge in [-0.15, -0.1) is 0 Å². The zero-order chi connectivity index (χ0) is 20.2. The summed E-state index contributed by atoms with van der Waals surface area (Å²) in [5, 5.41) is 13.3. The first-order valence-electron chi connectivity index (χ1n) is 9.44. The van der Waals surface area contributed by atoms with Gasteiger partial charge in [-0.2, -0.15) is 5.26 Å². The van der Waals surface area contributed by atoms with Gasteiger partial charge in [0.2, 0.25) is 5.91 Å². The van der Waals surface area contributed by atoms with E-state index in [9.17, 15) is 10.1 Å². The van der Waals surface area contributed by atoms with Crippen molar-refractivity contribution in [2.24, 2.45) is 0 Å². The lowest BCUT2D eigenvalue weighted by Crippen LogP contribution is -2.15. The van der Waals surface area contributed by atoms with Gasteiger partial charge in [0.25, 0.3) is 0 Å².